The number of nitrogens with one attached hydrogen (secondary N) is 1. The summed E-state index contributed by atoms with van der Waals surface area (Å²) in [5.41, 5.74) is 2.21. The topological polar surface area (TPSA) is 94.7 Å². The summed E-state index contributed by atoms with van der Waals surface area (Å²) in [6.45, 7) is 9.21. The molecular formula is C21H25NO6. The number of H-pyrrole nitrogens is 1. The minimum atomic E-state index is -0.840. The maximum atomic E-state index is 12.9. The molecule has 0 radical (unpaired) electrons. The van der Waals surface area contributed by atoms with Crippen LogP contribution in [0.4, 0.5) is 0 Å². The minimum absolute atomic E-state index is 0.253. The number of hydrogen-bond donors (Lipinski definition) is 1. The molecule has 0 amide bonds. The predicted octanol–water partition coefficient (Wildman–Crippen LogP) is 3.67. The second-order valence-electron chi connectivity index (χ2n) is 6.23. The first kappa shape index (κ1) is 21.2. The number of carbonyl (C=O) groups excluding carboxylic acids is 3. The van der Waals surface area contributed by atoms with Crippen molar-refractivity contribution in [2.45, 2.75) is 40.7 Å². The van der Waals surface area contributed by atoms with Crippen molar-refractivity contribution in [1.82, 2.24) is 4.98 Å². The summed E-state index contributed by atoms with van der Waals surface area (Å²) in [5.74, 6) is -0.0271. The van der Waals surface area contributed by atoms with Crippen LogP contribution in [-0.4, -0.2) is 42.3 Å². The summed E-state index contributed by atoms with van der Waals surface area (Å²) in [6, 6.07) is 4.74. The summed E-state index contributed by atoms with van der Waals surface area (Å²) in [5, 5.41) is 0. The zero-order valence-corrected chi connectivity index (χ0v) is 16.8. The fourth-order valence-corrected chi connectivity index (χ4v) is 2.92. The Morgan fingerprint density at radius 2 is 1.86 bits per heavy atom. The molecule has 7 heteroatoms. The van der Waals surface area contributed by atoms with E-state index in [4.69, 9.17) is 14.2 Å². The van der Waals surface area contributed by atoms with Crippen molar-refractivity contribution in [2.75, 3.05) is 13.2 Å². The molecule has 7 nitrogen and oxygen atoms in total. The van der Waals surface area contributed by atoms with Crippen molar-refractivity contribution in [3.63, 3.8) is 0 Å². The number of carbonyl (C=O) groups is 3. The Labute approximate surface area is 164 Å². The van der Waals surface area contributed by atoms with Crippen LogP contribution < -0.4 is 9.47 Å². The maximum Gasteiger partial charge on any atom is 0.340 e. The van der Waals surface area contributed by atoms with Gasteiger partial charge in [0, 0.05) is 11.3 Å². The molecule has 1 heterocycles. The second kappa shape index (κ2) is 9.21. The van der Waals surface area contributed by atoms with Gasteiger partial charge in [-0.1, -0.05) is 0 Å². The number of aldehydes is 1. The summed E-state index contributed by atoms with van der Waals surface area (Å²) in [7, 11) is 0. The van der Waals surface area contributed by atoms with Crippen molar-refractivity contribution in [2.24, 2.45) is 0 Å². The first-order valence-corrected chi connectivity index (χ1v) is 9.13. The molecule has 150 valence electrons. The smallest absolute Gasteiger partial charge is 0.340 e. The molecule has 0 aliphatic rings. The molecule has 0 bridgehead atoms. The number of hydrogen-bond acceptors (Lipinski definition) is 6. The van der Waals surface area contributed by atoms with Crippen molar-refractivity contribution >= 4 is 18.0 Å². The molecule has 1 aromatic carbocycles. The third kappa shape index (κ3) is 4.42. The molecule has 0 fully saturated rings. The second-order valence-corrected chi connectivity index (χ2v) is 6.23. The average molecular weight is 387 g/mol. The summed E-state index contributed by atoms with van der Waals surface area (Å²) >= 11 is 0. The van der Waals surface area contributed by atoms with Gasteiger partial charge in [-0.25, -0.2) is 4.79 Å². The number of aromatic nitrogens is 1. The Bertz CT molecular complexity index is 883. The van der Waals surface area contributed by atoms with E-state index in [9.17, 15) is 14.4 Å². The van der Waals surface area contributed by atoms with Gasteiger partial charge in [0.25, 0.3) is 0 Å². The summed E-state index contributed by atoms with van der Waals surface area (Å²) < 4.78 is 16.4. The van der Waals surface area contributed by atoms with Crippen molar-refractivity contribution < 1.29 is 28.6 Å². The number of ether oxygens (including phenoxy) is 3. The lowest BCUT2D eigenvalue weighted by Crippen LogP contribution is -2.25. The van der Waals surface area contributed by atoms with Crippen LogP contribution in [-0.2, 0) is 4.74 Å². The van der Waals surface area contributed by atoms with Crippen LogP contribution in [0.3, 0.4) is 0 Å². The van der Waals surface area contributed by atoms with Gasteiger partial charge in [-0.2, -0.15) is 0 Å². The van der Waals surface area contributed by atoms with E-state index in [-0.39, 0.29) is 12.4 Å². The minimum Gasteiger partial charge on any atom is -0.490 e. The lowest BCUT2D eigenvalue weighted by atomic mass is 10.1. The van der Waals surface area contributed by atoms with Crippen LogP contribution in [0, 0.1) is 13.8 Å². The normalized spacial score (nSPS) is 11.6. The number of esters is 1. The fourth-order valence-electron chi connectivity index (χ4n) is 2.92. The number of benzene rings is 1. The van der Waals surface area contributed by atoms with Crippen LogP contribution in [0.1, 0.15) is 63.2 Å². The van der Waals surface area contributed by atoms with Gasteiger partial charge in [-0.05, 0) is 58.4 Å². The van der Waals surface area contributed by atoms with Gasteiger partial charge in [-0.3, -0.25) is 9.59 Å². The average Bonchev–Trinajstić information content (AvgIpc) is 2.97. The van der Waals surface area contributed by atoms with Crippen molar-refractivity contribution in [3.8, 4) is 11.5 Å². The quantitative estimate of drug-likeness (QED) is 0.401. The molecule has 1 aromatic heterocycles. The Balaban J connectivity index is 2.28. The molecule has 2 rings (SSSR count). The highest BCUT2D eigenvalue weighted by molar-refractivity contribution is 6.03. The zero-order valence-electron chi connectivity index (χ0n) is 16.8. The number of aromatic amines is 1. The SMILES string of the molecule is CCOC(=O)c1c(C)[nH]c(C(=O)[C@H](C)Oc2ccc(C=O)cc2OCC)c1C. The molecule has 0 aliphatic heterocycles. The van der Waals surface area contributed by atoms with Gasteiger partial charge in [-0.15, -0.1) is 0 Å². The van der Waals surface area contributed by atoms with Crippen LogP contribution in [0.25, 0.3) is 0 Å². The van der Waals surface area contributed by atoms with Crippen molar-refractivity contribution in [1.29, 1.82) is 0 Å². The summed E-state index contributed by atoms with van der Waals surface area (Å²) in [4.78, 5) is 39.0. The van der Waals surface area contributed by atoms with E-state index in [0.717, 1.165) is 0 Å². The van der Waals surface area contributed by atoms with E-state index in [2.05, 4.69) is 4.98 Å². The highest BCUT2D eigenvalue weighted by atomic mass is 16.5. The van der Waals surface area contributed by atoms with Crippen LogP contribution in [0.2, 0.25) is 0 Å². The maximum absolute atomic E-state index is 12.9. The Kier molecular flexibility index (Phi) is 6.98. The van der Waals surface area contributed by atoms with Crippen LogP contribution in [0.5, 0.6) is 11.5 Å². The lowest BCUT2D eigenvalue weighted by Gasteiger charge is -2.17. The molecule has 0 saturated heterocycles. The van der Waals surface area contributed by atoms with E-state index >= 15 is 0 Å². The van der Waals surface area contributed by atoms with E-state index in [0.29, 0.717) is 52.5 Å². The number of aryl methyl sites for hydroxylation is 1. The van der Waals surface area contributed by atoms with Crippen LogP contribution >= 0.6 is 0 Å². The third-order valence-corrected chi connectivity index (χ3v) is 4.24. The van der Waals surface area contributed by atoms with Gasteiger partial charge in [0.1, 0.15) is 6.29 Å². The molecule has 28 heavy (non-hydrogen) atoms. The molecule has 0 spiro atoms. The van der Waals surface area contributed by atoms with E-state index in [1.165, 1.54) is 0 Å². The highest BCUT2D eigenvalue weighted by Crippen LogP contribution is 2.30. The largest absolute Gasteiger partial charge is 0.490 e. The molecule has 1 atom stereocenters. The highest BCUT2D eigenvalue weighted by Gasteiger charge is 2.27. The van der Waals surface area contributed by atoms with Gasteiger partial charge in [0.15, 0.2) is 17.6 Å². The molecule has 0 saturated carbocycles. The Hall–Kier alpha value is -3.09. The lowest BCUT2D eigenvalue weighted by molar-refractivity contribution is 0.0525. The van der Waals surface area contributed by atoms with Gasteiger partial charge in [0.05, 0.1) is 24.5 Å². The first-order valence-electron chi connectivity index (χ1n) is 9.13. The first-order chi connectivity index (χ1) is 13.3. The molecular weight excluding hydrogens is 362 g/mol. The summed E-state index contributed by atoms with van der Waals surface area (Å²) in [6.07, 6.45) is -0.129. The van der Waals surface area contributed by atoms with E-state index in [1.807, 2.05) is 6.92 Å². The molecule has 2 aromatic rings. The zero-order chi connectivity index (χ0) is 20.8. The van der Waals surface area contributed by atoms with Gasteiger partial charge in [0.2, 0.25) is 5.78 Å². The molecule has 0 aliphatic carbocycles. The molecule has 1 N–H and O–H groups in total. The van der Waals surface area contributed by atoms with Crippen LogP contribution in [0.15, 0.2) is 18.2 Å². The number of Topliss-reactive ketones (excluding diaryl/α,β-unsaturated/α-hetero) is 1. The van der Waals surface area contributed by atoms with Crippen molar-refractivity contribution in [3.05, 3.63) is 46.3 Å². The Morgan fingerprint density at radius 1 is 1.14 bits per heavy atom. The van der Waals surface area contributed by atoms with E-state index < -0.39 is 12.1 Å². The van der Waals surface area contributed by atoms with Gasteiger partial charge < -0.3 is 19.2 Å². The predicted molar refractivity (Wildman–Crippen MR) is 104 cm³/mol. The van der Waals surface area contributed by atoms with Gasteiger partial charge >= 0.3 is 5.97 Å². The number of rotatable bonds is 9. The molecule has 0 unspecified atom stereocenters. The standard InChI is InChI=1S/C21H25NO6/c1-6-26-17-10-15(11-23)8-9-16(17)28-14(5)20(24)19-12(3)18(13(4)22-19)21(25)27-7-2/h8-11,14,22H,6-7H2,1-5H3/t14-/m0/s1. The number of ketones is 1. The Morgan fingerprint density at radius 3 is 2.46 bits per heavy atom. The monoisotopic (exact) mass is 387 g/mol. The fraction of sp³-hybridized carbons (Fsp3) is 0.381. The third-order valence-electron chi connectivity index (χ3n) is 4.24. The van der Waals surface area contributed by atoms with E-state index in [1.54, 1.807) is 45.9 Å².